The summed E-state index contributed by atoms with van der Waals surface area (Å²) in [6.45, 7) is 4.37. The minimum atomic E-state index is -2.80. The summed E-state index contributed by atoms with van der Waals surface area (Å²) < 4.78 is 30.2. The normalized spacial score (nSPS) is 13.9. The van der Waals surface area contributed by atoms with E-state index in [4.69, 9.17) is 0 Å². The minimum absolute atomic E-state index is 0.201. The first kappa shape index (κ1) is 12.3. The molecule has 0 radical (unpaired) electrons. The predicted molar refractivity (Wildman–Crippen MR) is 45.7 cm³/mol. The van der Waals surface area contributed by atoms with Gasteiger partial charge in [0.05, 0.1) is 13.0 Å². The van der Waals surface area contributed by atoms with Gasteiger partial charge in [-0.2, -0.15) is 0 Å². The molecule has 0 aliphatic rings. The largest absolute Gasteiger partial charge is 0.466 e. The Labute approximate surface area is 77.3 Å². The van der Waals surface area contributed by atoms with E-state index < -0.39 is 17.8 Å². The third-order valence-electron chi connectivity index (χ3n) is 1.93. The fourth-order valence-corrected chi connectivity index (χ4v) is 1.10. The Bertz CT molecular complexity index is 163. The highest BCUT2D eigenvalue weighted by Crippen LogP contribution is 2.29. The van der Waals surface area contributed by atoms with E-state index in [1.165, 1.54) is 0 Å². The molecule has 0 amide bonds. The molecule has 0 aromatic carbocycles. The lowest BCUT2D eigenvalue weighted by Crippen LogP contribution is -2.27. The molecule has 1 unspecified atom stereocenters. The van der Waals surface area contributed by atoms with Crippen molar-refractivity contribution in [2.45, 2.75) is 39.5 Å². The van der Waals surface area contributed by atoms with Crippen molar-refractivity contribution in [3.8, 4) is 0 Å². The molecule has 2 nitrogen and oxygen atoms in total. The third-order valence-corrected chi connectivity index (χ3v) is 1.93. The van der Waals surface area contributed by atoms with E-state index in [-0.39, 0.29) is 19.4 Å². The number of rotatable bonds is 5. The molecule has 0 rings (SSSR count). The smallest absolute Gasteiger partial charge is 0.306 e. The number of halogens is 2. The maximum Gasteiger partial charge on any atom is 0.306 e. The minimum Gasteiger partial charge on any atom is -0.466 e. The number of carbonyl (C=O) groups excluding carboxylic acids is 1. The molecule has 0 saturated heterocycles. The van der Waals surface area contributed by atoms with E-state index in [0.29, 0.717) is 0 Å². The van der Waals surface area contributed by atoms with Crippen LogP contribution in [0, 0.1) is 5.92 Å². The lowest BCUT2D eigenvalue weighted by atomic mass is 9.96. The molecule has 13 heavy (non-hydrogen) atoms. The zero-order valence-corrected chi connectivity index (χ0v) is 8.27. The molecular weight excluding hydrogens is 178 g/mol. The monoisotopic (exact) mass is 194 g/mol. The Kier molecular flexibility index (Phi) is 4.88. The second-order valence-electron chi connectivity index (χ2n) is 3.07. The van der Waals surface area contributed by atoms with Crippen LogP contribution in [0.25, 0.3) is 0 Å². The summed E-state index contributed by atoms with van der Waals surface area (Å²) >= 11 is 0. The first-order valence-corrected chi connectivity index (χ1v) is 4.45. The van der Waals surface area contributed by atoms with E-state index >= 15 is 0 Å². The highest BCUT2D eigenvalue weighted by Gasteiger charge is 2.34. The van der Waals surface area contributed by atoms with E-state index in [1.807, 2.05) is 0 Å². The summed E-state index contributed by atoms with van der Waals surface area (Å²) in [5, 5.41) is 0. The highest BCUT2D eigenvalue weighted by molar-refractivity contribution is 5.69. The number of alkyl halides is 2. The second kappa shape index (κ2) is 5.14. The Morgan fingerprint density at radius 3 is 2.31 bits per heavy atom. The fraction of sp³-hybridized carbons (Fsp3) is 0.889. The molecule has 0 aromatic heterocycles. The topological polar surface area (TPSA) is 26.3 Å². The molecule has 0 heterocycles. The van der Waals surface area contributed by atoms with Crippen molar-refractivity contribution >= 4 is 5.97 Å². The SMILES string of the molecule is CCOC(=O)CC(CC)C(C)(F)F. The van der Waals surface area contributed by atoms with Gasteiger partial charge in [0.15, 0.2) is 0 Å². The fourth-order valence-electron chi connectivity index (χ4n) is 1.10. The van der Waals surface area contributed by atoms with Crippen LogP contribution < -0.4 is 0 Å². The maximum absolute atomic E-state index is 12.8. The van der Waals surface area contributed by atoms with Gasteiger partial charge in [-0.1, -0.05) is 6.92 Å². The van der Waals surface area contributed by atoms with Gasteiger partial charge in [-0.25, -0.2) is 8.78 Å². The Balaban J connectivity index is 4.06. The molecule has 0 aliphatic heterocycles. The third kappa shape index (κ3) is 4.80. The van der Waals surface area contributed by atoms with Crippen molar-refractivity contribution in [2.75, 3.05) is 6.61 Å². The summed E-state index contributed by atoms with van der Waals surface area (Å²) in [4.78, 5) is 10.9. The maximum atomic E-state index is 12.8. The number of hydrogen-bond donors (Lipinski definition) is 0. The average Bonchev–Trinajstić information content (AvgIpc) is 1.98. The van der Waals surface area contributed by atoms with Gasteiger partial charge in [0.1, 0.15) is 0 Å². The predicted octanol–water partition coefficient (Wildman–Crippen LogP) is 2.62. The van der Waals surface area contributed by atoms with E-state index in [0.717, 1.165) is 6.92 Å². The summed E-state index contributed by atoms with van der Waals surface area (Å²) in [5.41, 5.74) is 0. The lowest BCUT2D eigenvalue weighted by molar-refractivity contribution is -0.148. The van der Waals surface area contributed by atoms with E-state index in [2.05, 4.69) is 4.74 Å². The van der Waals surface area contributed by atoms with Gasteiger partial charge < -0.3 is 4.74 Å². The highest BCUT2D eigenvalue weighted by atomic mass is 19.3. The van der Waals surface area contributed by atoms with Crippen LogP contribution in [0.5, 0.6) is 0 Å². The van der Waals surface area contributed by atoms with Crippen molar-refractivity contribution < 1.29 is 18.3 Å². The lowest BCUT2D eigenvalue weighted by Gasteiger charge is -2.20. The van der Waals surface area contributed by atoms with Crippen LogP contribution in [0.2, 0.25) is 0 Å². The Hall–Kier alpha value is -0.670. The van der Waals surface area contributed by atoms with Crippen LogP contribution in [-0.2, 0) is 9.53 Å². The van der Waals surface area contributed by atoms with E-state index in [1.54, 1.807) is 13.8 Å². The summed E-state index contributed by atoms with van der Waals surface area (Å²) in [5.74, 6) is -4.26. The van der Waals surface area contributed by atoms with Gasteiger partial charge in [0, 0.05) is 5.92 Å². The second-order valence-corrected chi connectivity index (χ2v) is 3.07. The van der Waals surface area contributed by atoms with Crippen molar-refractivity contribution in [3.63, 3.8) is 0 Å². The first-order valence-electron chi connectivity index (χ1n) is 4.45. The standard InChI is InChI=1S/C9H16F2O2/c1-4-7(9(3,10)11)6-8(12)13-5-2/h7H,4-6H2,1-3H3. The van der Waals surface area contributed by atoms with Gasteiger partial charge in [0.2, 0.25) is 5.92 Å². The van der Waals surface area contributed by atoms with Crippen LogP contribution in [0.1, 0.15) is 33.6 Å². The van der Waals surface area contributed by atoms with Gasteiger partial charge in [-0.05, 0) is 20.3 Å². The molecule has 0 fully saturated rings. The van der Waals surface area contributed by atoms with Crippen molar-refractivity contribution in [1.29, 1.82) is 0 Å². The van der Waals surface area contributed by atoms with Crippen LogP contribution in [0.3, 0.4) is 0 Å². The molecule has 1 atom stereocenters. The zero-order valence-electron chi connectivity index (χ0n) is 8.27. The number of carbonyl (C=O) groups is 1. The number of hydrogen-bond acceptors (Lipinski definition) is 2. The van der Waals surface area contributed by atoms with Gasteiger partial charge in [-0.15, -0.1) is 0 Å². The van der Waals surface area contributed by atoms with Gasteiger partial charge in [0.25, 0.3) is 0 Å². The summed E-state index contributed by atoms with van der Waals surface area (Å²) in [6.07, 6.45) is 0.0795. The quantitative estimate of drug-likeness (QED) is 0.629. The van der Waals surface area contributed by atoms with Crippen molar-refractivity contribution in [2.24, 2.45) is 5.92 Å². The van der Waals surface area contributed by atoms with Crippen LogP contribution >= 0.6 is 0 Å². The van der Waals surface area contributed by atoms with Crippen LogP contribution in [0.4, 0.5) is 8.78 Å². The van der Waals surface area contributed by atoms with Gasteiger partial charge >= 0.3 is 5.97 Å². The molecule has 0 aliphatic carbocycles. The van der Waals surface area contributed by atoms with E-state index in [9.17, 15) is 13.6 Å². The molecule has 0 bridgehead atoms. The van der Waals surface area contributed by atoms with Crippen molar-refractivity contribution in [3.05, 3.63) is 0 Å². The molecule has 0 saturated carbocycles. The van der Waals surface area contributed by atoms with Gasteiger partial charge in [-0.3, -0.25) is 4.79 Å². The van der Waals surface area contributed by atoms with Crippen LogP contribution in [-0.4, -0.2) is 18.5 Å². The Morgan fingerprint density at radius 2 is 2.00 bits per heavy atom. The van der Waals surface area contributed by atoms with Crippen molar-refractivity contribution in [1.82, 2.24) is 0 Å². The zero-order chi connectivity index (χ0) is 10.5. The average molecular weight is 194 g/mol. The molecule has 4 heteroatoms. The summed E-state index contributed by atoms with van der Waals surface area (Å²) in [7, 11) is 0. The molecule has 0 spiro atoms. The molecule has 0 N–H and O–H groups in total. The summed E-state index contributed by atoms with van der Waals surface area (Å²) in [6, 6.07) is 0. The number of ether oxygens (including phenoxy) is 1. The van der Waals surface area contributed by atoms with Crippen LogP contribution in [0.15, 0.2) is 0 Å². The number of esters is 1. The first-order chi connectivity index (χ1) is 5.91. The molecule has 78 valence electrons. The molecular formula is C9H16F2O2. The molecule has 0 aromatic rings. The Morgan fingerprint density at radius 1 is 1.46 bits per heavy atom.